The van der Waals surface area contributed by atoms with Gasteiger partial charge < -0.3 is 10.2 Å². The lowest BCUT2D eigenvalue weighted by Gasteiger charge is -2.20. The average molecular weight is 434 g/mol. The molecular weight excluding hydrogens is 405 g/mol. The van der Waals surface area contributed by atoms with Crippen molar-refractivity contribution in [3.63, 3.8) is 0 Å². The highest BCUT2D eigenvalue weighted by Gasteiger charge is 2.25. The fourth-order valence-electron chi connectivity index (χ4n) is 3.59. The third kappa shape index (κ3) is 5.17. The molecule has 30 heavy (non-hydrogen) atoms. The minimum absolute atomic E-state index is 0.0895. The molecule has 2 aromatic rings. The van der Waals surface area contributed by atoms with E-state index in [2.05, 4.69) is 28.8 Å². The van der Waals surface area contributed by atoms with Crippen LogP contribution in [0.1, 0.15) is 36.2 Å². The Morgan fingerprint density at radius 2 is 1.97 bits per heavy atom. The first-order valence-corrected chi connectivity index (χ1v) is 11.6. The van der Waals surface area contributed by atoms with Gasteiger partial charge in [-0.1, -0.05) is 18.2 Å². The van der Waals surface area contributed by atoms with Crippen LogP contribution in [-0.2, 0) is 10.0 Å². The number of nitrogens with one attached hydrogen (secondary N) is 2. The highest BCUT2D eigenvalue weighted by Crippen LogP contribution is 2.22. The molecular formula is C22H28FN3O3S. The number of nitrogens with zero attached hydrogens (tertiary/aromatic N) is 1. The number of carbonyl (C=O) groups is 1. The summed E-state index contributed by atoms with van der Waals surface area (Å²) in [5.41, 5.74) is 0.831. The largest absolute Gasteiger partial charge is 0.352 e. The number of halogens is 1. The average Bonchev–Trinajstić information content (AvgIpc) is 3.17. The van der Waals surface area contributed by atoms with Gasteiger partial charge in [0.1, 0.15) is 5.82 Å². The van der Waals surface area contributed by atoms with E-state index in [0.717, 1.165) is 19.5 Å². The van der Waals surface area contributed by atoms with Gasteiger partial charge in [-0.05, 0) is 69.5 Å². The summed E-state index contributed by atoms with van der Waals surface area (Å²) < 4.78 is 41.5. The number of anilines is 1. The number of para-hydroxylation sites is 1. The van der Waals surface area contributed by atoms with Crippen LogP contribution in [0.25, 0.3) is 0 Å². The normalized spacial score (nSPS) is 17.3. The lowest BCUT2D eigenvalue weighted by atomic mass is 10.1. The second-order valence-electron chi connectivity index (χ2n) is 8.02. The van der Waals surface area contributed by atoms with Gasteiger partial charge in [-0.15, -0.1) is 0 Å². The van der Waals surface area contributed by atoms with Crippen molar-refractivity contribution in [1.82, 2.24) is 10.2 Å². The van der Waals surface area contributed by atoms with Crippen molar-refractivity contribution in [3.8, 4) is 0 Å². The lowest BCUT2D eigenvalue weighted by molar-refractivity contribution is 0.0946. The van der Waals surface area contributed by atoms with Crippen LogP contribution in [0.3, 0.4) is 0 Å². The topological polar surface area (TPSA) is 78.5 Å². The summed E-state index contributed by atoms with van der Waals surface area (Å²) in [7, 11) is -4.03. The second kappa shape index (κ2) is 9.14. The molecule has 1 unspecified atom stereocenters. The molecule has 0 spiro atoms. The molecule has 0 aromatic heterocycles. The van der Waals surface area contributed by atoms with Gasteiger partial charge in [0.05, 0.1) is 10.6 Å². The summed E-state index contributed by atoms with van der Waals surface area (Å²) in [6, 6.07) is 10.4. The number of carbonyl (C=O) groups excluding carboxylic acids is 1. The summed E-state index contributed by atoms with van der Waals surface area (Å²) in [6.45, 7) is 8.58. The molecule has 3 rings (SSSR count). The van der Waals surface area contributed by atoms with Crippen molar-refractivity contribution in [3.05, 3.63) is 59.4 Å². The van der Waals surface area contributed by atoms with Crippen molar-refractivity contribution in [2.24, 2.45) is 5.92 Å². The number of hydrogen-bond acceptors (Lipinski definition) is 4. The van der Waals surface area contributed by atoms with Gasteiger partial charge >= 0.3 is 0 Å². The van der Waals surface area contributed by atoms with Crippen molar-refractivity contribution < 1.29 is 17.6 Å². The minimum Gasteiger partial charge on any atom is -0.352 e. The van der Waals surface area contributed by atoms with Crippen LogP contribution in [0, 0.1) is 18.7 Å². The quantitative estimate of drug-likeness (QED) is 0.702. The van der Waals surface area contributed by atoms with Crippen LogP contribution in [0.2, 0.25) is 0 Å². The number of benzene rings is 2. The molecule has 1 amide bonds. The van der Waals surface area contributed by atoms with Crippen molar-refractivity contribution in [2.45, 2.75) is 38.1 Å². The Labute approximate surface area is 177 Å². The molecule has 1 heterocycles. The molecule has 1 aliphatic rings. The first kappa shape index (κ1) is 22.2. The Kier molecular flexibility index (Phi) is 6.77. The van der Waals surface area contributed by atoms with E-state index < -0.39 is 15.8 Å². The van der Waals surface area contributed by atoms with Crippen LogP contribution >= 0.6 is 0 Å². The molecule has 2 N–H and O–H groups in total. The van der Waals surface area contributed by atoms with Gasteiger partial charge in [-0.3, -0.25) is 9.52 Å². The predicted molar refractivity (Wildman–Crippen MR) is 116 cm³/mol. The van der Waals surface area contributed by atoms with E-state index in [0.29, 0.717) is 29.6 Å². The highest BCUT2D eigenvalue weighted by atomic mass is 32.2. The molecule has 1 saturated heterocycles. The summed E-state index contributed by atoms with van der Waals surface area (Å²) in [4.78, 5) is 15.0. The Bertz CT molecular complexity index is 1020. The third-order valence-corrected chi connectivity index (χ3v) is 6.84. The number of sulfonamides is 1. The summed E-state index contributed by atoms with van der Waals surface area (Å²) in [5.74, 6) is -0.595. The minimum atomic E-state index is -4.03. The molecule has 1 atom stereocenters. The zero-order chi connectivity index (χ0) is 21.9. The number of amides is 1. The van der Waals surface area contributed by atoms with E-state index in [1.807, 2.05) is 0 Å². The van der Waals surface area contributed by atoms with E-state index in [1.54, 1.807) is 19.1 Å². The summed E-state index contributed by atoms with van der Waals surface area (Å²) in [5, 5.41) is 2.94. The first-order chi connectivity index (χ1) is 14.2. The Morgan fingerprint density at radius 1 is 1.23 bits per heavy atom. The van der Waals surface area contributed by atoms with Crippen molar-refractivity contribution in [1.29, 1.82) is 0 Å². The first-order valence-electron chi connectivity index (χ1n) is 10.1. The predicted octanol–water partition coefficient (Wildman–Crippen LogP) is 3.40. The maximum atomic E-state index is 13.8. The molecule has 0 aliphatic carbocycles. The molecule has 8 heteroatoms. The van der Waals surface area contributed by atoms with Crippen LogP contribution in [0.15, 0.2) is 47.4 Å². The Morgan fingerprint density at radius 3 is 2.63 bits per heavy atom. The highest BCUT2D eigenvalue weighted by molar-refractivity contribution is 7.92. The van der Waals surface area contributed by atoms with Gasteiger partial charge in [-0.2, -0.15) is 0 Å². The number of rotatable bonds is 7. The summed E-state index contributed by atoms with van der Waals surface area (Å²) >= 11 is 0. The Balaban J connectivity index is 1.71. The molecule has 1 aliphatic heterocycles. The van der Waals surface area contributed by atoms with E-state index in [-0.39, 0.29) is 16.5 Å². The van der Waals surface area contributed by atoms with Crippen LogP contribution in [-0.4, -0.2) is 44.9 Å². The van der Waals surface area contributed by atoms with E-state index in [4.69, 9.17) is 0 Å². The number of hydrogen-bond donors (Lipinski definition) is 2. The fourth-order valence-corrected chi connectivity index (χ4v) is 4.68. The maximum absolute atomic E-state index is 13.8. The second-order valence-corrected chi connectivity index (χ2v) is 9.70. The van der Waals surface area contributed by atoms with Crippen LogP contribution < -0.4 is 10.0 Å². The third-order valence-electron chi connectivity index (χ3n) is 5.48. The van der Waals surface area contributed by atoms with Gasteiger partial charge in [-0.25, -0.2) is 12.8 Å². The van der Waals surface area contributed by atoms with E-state index in [1.165, 1.54) is 30.3 Å². The molecule has 0 bridgehead atoms. The number of aryl methyl sites for hydroxylation is 1. The van der Waals surface area contributed by atoms with Crippen LogP contribution in [0.4, 0.5) is 10.1 Å². The SMILES string of the molecule is Cc1ccc(S(=O)(=O)Nc2ccccc2F)cc1C(=O)NCC1CCN(C(C)C)C1. The maximum Gasteiger partial charge on any atom is 0.262 e. The fraction of sp³-hybridized carbons (Fsp3) is 0.409. The number of likely N-dealkylation sites (tertiary alicyclic amines) is 1. The molecule has 162 valence electrons. The standard InChI is InChI=1S/C22H28FN3O3S/c1-15(2)26-11-10-17(14-26)13-24-22(27)19-12-18(9-8-16(19)3)30(28,29)25-21-7-5-4-6-20(21)23/h4-9,12,15,17,25H,10-11,13-14H2,1-3H3,(H,24,27). The zero-order valence-electron chi connectivity index (χ0n) is 17.5. The summed E-state index contributed by atoms with van der Waals surface area (Å²) in [6.07, 6.45) is 1.03. The monoisotopic (exact) mass is 433 g/mol. The van der Waals surface area contributed by atoms with E-state index in [9.17, 15) is 17.6 Å². The molecule has 0 radical (unpaired) electrons. The van der Waals surface area contributed by atoms with E-state index >= 15 is 0 Å². The smallest absolute Gasteiger partial charge is 0.262 e. The van der Waals surface area contributed by atoms with Gasteiger partial charge in [0, 0.05) is 24.7 Å². The zero-order valence-corrected chi connectivity index (χ0v) is 18.3. The van der Waals surface area contributed by atoms with Crippen molar-refractivity contribution >= 4 is 21.6 Å². The van der Waals surface area contributed by atoms with Crippen LogP contribution in [0.5, 0.6) is 0 Å². The lowest BCUT2D eigenvalue weighted by Crippen LogP contribution is -2.33. The van der Waals surface area contributed by atoms with Gasteiger partial charge in [0.15, 0.2) is 0 Å². The molecule has 0 saturated carbocycles. The van der Waals surface area contributed by atoms with Crippen molar-refractivity contribution in [2.75, 3.05) is 24.4 Å². The molecule has 1 fully saturated rings. The molecule has 2 aromatic carbocycles. The Hall–Kier alpha value is -2.45. The van der Waals surface area contributed by atoms with Gasteiger partial charge in [0.2, 0.25) is 0 Å². The molecule has 6 nitrogen and oxygen atoms in total. The van der Waals surface area contributed by atoms with Gasteiger partial charge in [0.25, 0.3) is 15.9 Å².